The normalized spacial score (nSPS) is 19.4. The number of piperidine rings is 1. The fourth-order valence-electron chi connectivity index (χ4n) is 3.20. The minimum atomic E-state index is -3.37. The third-order valence-electron chi connectivity index (χ3n) is 4.56. The van der Waals surface area contributed by atoms with E-state index >= 15 is 0 Å². The number of hydrogen-bond acceptors (Lipinski definition) is 5. The molecule has 1 fully saturated rings. The lowest BCUT2D eigenvalue weighted by Crippen LogP contribution is -2.45. The van der Waals surface area contributed by atoms with Gasteiger partial charge in [-0.15, -0.1) is 0 Å². The van der Waals surface area contributed by atoms with Gasteiger partial charge in [0, 0.05) is 59.0 Å². The van der Waals surface area contributed by atoms with Gasteiger partial charge < -0.3 is 4.57 Å². The second-order valence-corrected chi connectivity index (χ2v) is 8.72. The lowest BCUT2D eigenvalue weighted by molar-refractivity contribution is 0.253. The van der Waals surface area contributed by atoms with E-state index in [-0.39, 0.29) is 5.92 Å². The van der Waals surface area contributed by atoms with E-state index in [2.05, 4.69) is 15.0 Å². The summed E-state index contributed by atoms with van der Waals surface area (Å²) in [6.07, 6.45) is 9.48. The average molecular weight is 364 g/mol. The molecule has 2 aromatic heterocycles. The van der Waals surface area contributed by atoms with Crippen molar-refractivity contribution in [2.75, 3.05) is 27.2 Å². The maximum atomic E-state index is 12.4. The van der Waals surface area contributed by atoms with E-state index < -0.39 is 10.2 Å². The fourth-order valence-corrected chi connectivity index (χ4v) is 4.43. The predicted octanol–water partition coefficient (Wildman–Crippen LogP) is 0.938. The Balaban J connectivity index is 1.81. The van der Waals surface area contributed by atoms with Crippen LogP contribution in [-0.2, 0) is 23.7 Å². The molecule has 0 aromatic carbocycles. The van der Waals surface area contributed by atoms with E-state index in [9.17, 15) is 8.42 Å². The number of hydrogen-bond donors (Lipinski definition) is 0. The molecule has 2 aromatic rings. The third-order valence-corrected chi connectivity index (χ3v) is 6.47. The highest BCUT2D eigenvalue weighted by Gasteiger charge is 2.31. The maximum Gasteiger partial charge on any atom is 0.281 e. The highest BCUT2D eigenvalue weighted by Crippen LogP contribution is 2.26. The Morgan fingerprint density at radius 3 is 2.64 bits per heavy atom. The Morgan fingerprint density at radius 1 is 1.20 bits per heavy atom. The van der Waals surface area contributed by atoms with Gasteiger partial charge in [-0.05, 0) is 25.2 Å². The van der Waals surface area contributed by atoms with Gasteiger partial charge in [0.05, 0.1) is 5.69 Å². The molecule has 25 heavy (non-hydrogen) atoms. The molecule has 1 aliphatic heterocycles. The van der Waals surface area contributed by atoms with Gasteiger partial charge in [0.25, 0.3) is 10.2 Å². The monoisotopic (exact) mass is 364 g/mol. The molecule has 0 bridgehead atoms. The molecule has 9 heteroatoms. The minimum absolute atomic E-state index is 0.221. The molecule has 0 radical (unpaired) electrons. The van der Waals surface area contributed by atoms with E-state index in [1.54, 1.807) is 37.0 Å². The summed E-state index contributed by atoms with van der Waals surface area (Å²) >= 11 is 0. The van der Waals surface area contributed by atoms with Crippen molar-refractivity contribution in [1.29, 1.82) is 0 Å². The Kier molecular flexibility index (Phi) is 5.16. The minimum Gasteiger partial charge on any atom is -0.333 e. The van der Waals surface area contributed by atoms with Crippen LogP contribution in [0.15, 0.2) is 24.8 Å². The first-order valence-corrected chi connectivity index (χ1v) is 9.74. The summed E-state index contributed by atoms with van der Waals surface area (Å²) in [6.45, 7) is 1.08. The number of aromatic nitrogens is 4. The summed E-state index contributed by atoms with van der Waals surface area (Å²) in [7, 11) is 1.69. The largest absolute Gasteiger partial charge is 0.333 e. The Morgan fingerprint density at radius 2 is 1.96 bits per heavy atom. The third kappa shape index (κ3) is 3.73. The van der Waals surface area contributed by atoms with Crippen LogP contribution in [-0.4, -0.2) is 63.7 Å². The highest BCUT2D eigenvalue weighted by molar-refractivity contribution is 7.86. The molecule has 0 N–H and O–H groups in total. The standard InChI is InChI=1S/C16H24N6O2S/c1-20(2)25(23,24)22-9-4-5-13(12-22)11-14-15(18-7-6-17-14)16-19-8-10-21(16)3/h6-8,10,13H,4-5,9,11-12H2,1-3H3/t13-/m1/s1. The summed E-state index contributed by atoms with van der Waals surface area (Å²) in [6, 6.07) is 0. The Hall–Kier alpha value is -1.84. The number of imidazole rings is 1. The smallest absolute Gasteiger partial charge is 0.281 e. The summed E-state index contributed by atoms with van der Waals surface area (Å²) in [4.78, 5) is 13.3. The van der Waals surface area contributed by atoms with Crippen molar-refractivity contribution in [3.05, 3.63) is 30.5 Å². The molecule has 0 amide bonds. The van der Waals surface area contributed by atoms with Crippen LogP contribution in [0.3, 0.4) is 0 Å². The molecule has 3 heterocycles. The first-order chi connectivity index (χ1) is 11.9. The van der Waals surface area contributed by atoms with Crippen LogP contribution in [0.25, 0.3) is 11.5 Å². The van der Waals surface area contributed by atoms with Crippen molar-refractivity contribution in [2.45, 2.75) is 19.3 Å². The van der Waals surface area contributed by atoms with Crippen molar-refractivity contribution >= 4 is 10.2 Å². The van der Waals surface area contributed by atoms with Gasteiger partial charge in [0.15, 0.2) is 5.82 Å². The molecular weight excluding hydrogens is 340 g/mol. The van der Waals surface area contributed by atoms with Gasteiger partial charge in [0.1, 0.15) is 5.69 Å². The summed E-state index contributed by atoms with van der Waals surface area (Å²) in [5, 5.41) is 0. The fraction of sp³-hybridized carbons (Fsp3) is 0.562. The van der Waals surface area contributed by atoms with E-state index in [0.717, 1.165) is 30.1 Å². The van der Waals surface area contributed by atoms with Crippen molar-refractivity contribution < 1.29 is 8.42 Å². The quantitative estimate of drug-likeness (QED) is 0.788. The predicted molar refractivity (Wildman–Crippen MR) is 94.8 cm³/mol. The Labute approximate surface area is 148 Å². The molecule has 1 atom stereocenters. The van der Waals surface area contributed by atoms with E-state index in [4.69, 9.17) is 0 Å². The van der Waals surface area contributed by atoms with E-state index in [0.29, 0.717) is 19.5 Å². The van der Waals surface area contributed by atoms with Crippen molar-refractivity contribution in [1.82, 2.24) is 28.1 Å². The molecule has 8 nitrogen and oxygen atoms in total. The van der Waals surface area contributed by atoms with Gasteiger partial charge >= 0.3 is 0 Å². The van der Waals surface area contributed by atoms with Crippen LogP contribution in [0.4, 0.5) is 0 Å². The SMILES string of the molecule is CN(C)S(=O)(=O)N1CCC[C@H](Cc2nccnc2-c2nccn2C)C1. The molecule has 1 saturated heterocycles. The van der Waals surface area contributed by atoms with Crippen molar-refractivity contribution in [3.63, 3.8) is 0 Å². The molecular formula is C16H24N6O2S. The zero-order valence-electron chi connectivity index (χ0n) is 14.8. The van der Waals surface area contributed by atoms with Gasteiger partial charge in [-0.1, -0.05) is 0 Å². The van der Waals surface area contributed by atoms with Crippen LogP contribution in [0.5, 0.6) is 0 Å². The Bertz CT molecular complexity index is 833. The van der Waals surface area contributed by atoms with Gasteiger partial charge in [-0.3, -0.25) is 4.98 Å². The highest BCUT2D eigenvalue weighted by atomic mass is 32.2. The first-order valence-electron chi connectivity index (χ1n) is 8.34. The molecule has 3 rings (SSSR count). The van der Waals surface area contributed by atoms with E-state index in [1.165, 1.54) is 4.31 Å². The molecule has 136 valence electrons. The first kappa shape index (κ1) is 18.0. The molecule has 0 unspecified atom stereocenters. The second-order valence-electron chi connectivity index (χ2n) is 6.57. The molecule has 0 saturated carbocycles. The zero-order valence-corrected chi connectivity index (χ0v) is 15.6. The van der Waals surface area contributed by atoms with Crippen LogP contribution >= 0.6 is 0 Å². The summed E-state index contributed by atoms with van der Waals surface area (Å²) in [5.41, 5.74) is 1.63. The summed E-state index contributed by atoms with van der Waals surface area (Å²) < 4.78 is 29.5. The molecule has 1 aliphatic rings. The number of rotatable bonds is 5. The van der Waals surface area contributed by atoms with Gasteiger partial charge in [0.2, 0.25) is 0 Å². The van der Waals surface area contributed by atoms with Crippen molar-refractivity contribution in [3.8, 4) is 11.5 Å². The van der Waals surface area contributed by atoms with Crippen molar-refractivity contribution in [2.24, 2.45) is 13.0 Å². The van der Waals surface area contributed by atoms with Crippen LogP contribution in [0.2, 0.25) is 0 Å². The van der Waals surface area contributed by atoms with E-state index in [1.807, 2.05) is 17.8 Å². The second kappa shape index (κ2) is 7.19. The number of aryl methyl sites for hydroxylation is 1. The van der Waals surface area contributed by atoms with Gasteiger partial charge in [-0.2, -0.15) is 17.0 Å². The van der Waals surface area contributed by atoms with Gasteiger partial charge in [-0.25, -0.2) is 9.97 Å². The lowest BCUT2D eigenvalue weighted by Gasteiger charge is -2.33. The molecule has 0 aliphatic carbocycles. The zero-order chi connectivity index (χ0) is 18.0. The van der Waals surface area contributed by atoms with Crippen LogP contribution < -0.4 is 0 Å². The maximum absolute atomic E-state index is 12.4. The van der Waals surface area contributed by atoms with Crippen LogP contribution in [0.1, 0.15) is 18.5 Å². The summed E-state index contributed by atoms with van der Waals surface area (Å²) in [5.74, 6) is 0.996. The lowest BCUT2D eigenvalue weighted by atomic mass is 9.94. The molecule has 0 spiro atoms. The number of nitrogens with zero attached hydrogens (tertiary/aromatic N) is 6. The topological polar surface area (TPSA) is 84.2 Å². The van der Waals surface area contributed by atoms with Crippen LogP contribution in [0, 0.1) is 5.92 Å². The average Bonchev–Trinajstić information content (AvgIpc) is 3.01.